The molecule has 0 spiro atoms. The number of aliphatic hydroxyl groups excluding tert-OH is 1. The van der Waals surface area contributed by atoms with Crippen molar-refractivity contribution in [2.24, 2.45) is 0 Å². The topological polar surface area (TPSA) is 23.5 Å². The van der Waals surface area contributed by atoms with E-state index in [0.717, 1.165) is 25.9 Å². The molecule has 0 aliphatic heterocycles. The Morgan fingerprint density at radius 3 is 2.33 bits per heavy atom. The van der Waals surface area contributed by atoms with E-state index in [-0.39, 0.29) is 13.3 Å². The van der Waals surface area contributed by atoms with Gasteiger partial charge in [0.15, 0.2) is 0 Å². The van der Waals surface area contributed by atoms with Crippen LogP contribution in [0.15, 0.2) is 0 Å². The number of alkyl halides is 1. The van der Waals surface area contributed by atoms with Crippen LogP contribution in [0.3, 0.4) is 0 Å². The predicted octanol–water partition coefficient (Wildman–Crippen LogP) is 1.44. The molecule has 1 N–H and O–H groups in total. The van der Waals surface area contributed by atoms with Crippen molar-refractivity contribution >= 4 is 0 Å². The maximum absolute atomic E-state index is 11.8. The van der Waals surface area contributed by atoms with Crippen LogP contribution in [0.1, 0.15) is 26.2 Å². The van der Waals surface area contributed by atoms with Crippen LogP contribution in [0.2, 0.25) is 0 Å². The summed E-state index contributed by atoms with van der Waals surface area (Å²) in [6.45, 7) is 4.49. The maximum Gasteiger partial charge on any atom is 0.0906 e. The van der Waals surface area contributed by atoms with Crippen LogP contribution in [0, 0.1) is 0 Å². The van der Waals surface area contributed by atoms with Crippen LogP contribution in [0.5, 0.6) is 0 Å². The molecular weight excluding hydrogens is 157 g/mol. The third-order valence-electron chi connectivity index (χ3n) is 1.85. The molecular formula is C9H20FNO. The highest BCUT2D eigenvalue weighted by molar-refractivity contribution is 4.56. The summed E-state index contributed by atoms with van der Waals surface area (Å²) in [6, 6.07) is 0. The maximum atomic E-state index is 11.8. The summed E-state index contributed by atoms with van der Waals surface area (Å²) in [5.74, 6) is 0. The van der Waals surface area contributed by atoms with Gasteiger partial charge in [-0.05, 0) is 19.4 Å². The van der Waals surface area contributed by atoms with Gasteiger partial charge in [0.05, 0.1) is 13.3 Å². The molecule has 0 aliphatic carbocycles. The van der Waals surface area contributed by atoms with Crippen molar-refractivity contribution in [2.75, 3.05) is 32.9 Å². The lowest BCUT2D eigenvalue weighted by Crippen LogP contribution is -2.29. The molecule has 0 saturated carbocycles. The van der Waals surface area contributed by atoms with Gasteiger partial charge in [-0.15, -0.1) is 0 Å². The second-order valence-corrected chi connectivity index (χ2v) is 2.96. The molecule has 74 valence electrons. The third kappa shape index (κ3) is 6.55. The molecule has 0 bridgehead atoms. The first-order valence-electron chi connectivity index (χ1n) is 4.74. The fourth-order valence-electron chi connectivity index (χ4n) is 1.14. The van der Waals surface area contributed by atoms with Crippen molar-refractivity contribution in [1.29, 1.82) is 0 Å². The molecule has 3 heteroatoms. The van der Waals surface area contributed by atoms with Gasteiger partial charge in [-0.3, -0.25) is 4.39 Å². The largest absolute Gasteiger partial charge is 0.395 e. The van der Waals surface area contributed by atoms with E-state index in [1.54, 1.807) is 0 Å². The highest BCUT2D eigenvalue weighted by Crippen LogP contribution is 1.96. The minimum absolute atomic E-state index is 0.177. The van der Waals surface area contributed by atoms with Gasteiger partial charge in [0.1, 0.15) is 0 Å². The fourth-order valence-corrected chi connectivity index (χ4v) is 1.14. The molecule has 0 aromatic heterocycles. The van der Waals surface area contributed by atoms with Gasteiger partial charge in [-0.25, -0.2) is 0 Å². The van der Waals surface area contributed by atoms with Gasteiger partial charge in [-0.2, -0.15) is 0 Å². The van der Waals surface area contributed by atoms with Gasteiger partial charge in [0, 0.05) is 13.1 Å². The lowest BCUT2D eigenvalue weighted by atomic mass is 10.3. The number of nitrogens with zero attached hydrogens (tertiary/aromatic N) is 1. The van der Waals surface area contributed by atoms with E-state index in [1.165, 1.54) is 0 Å². The molecule has 0 fully saturated rings. The van der Waals surface area contributed by atoms with E-state index < -0.39 is 0 Å². The average Bonchev–Trinajstić information content (AvgIpc) is 2.10. The highest BCUT2D eigenvalue weighted by atomic mass is 19.1. The number of rotatable bonds is 8. The zero-order valence-corrected chi connectivity index (χ0v) is 7.93. The number of unbranched alkanes of at least 4 members (excludes halogenated alkanes) is 1. The minimum Gasteiger partial charge on any atom is -0.395 e. The molecule has 0 saturated heterocycles. The zero-order chi connectivity index (χ0) is 9.23. The number of halogens is 1. The lowest BCUT2D eigenvalue weighted by molar-refractivity contribution is 0.188. The van der Waals surface area contributed by atoms with Crippen molar-refractivity contribution in [3.05, 3.63) is 0 Å². The molecule has 0 radical (unpaired) electrons. The van der Waals surface area contributed by atoms with Crippen molar-refractivity contribution in [2.45, 2.75) is 26.2 Å². The number of hydrogen-bond donors (Lipinski definition) is 1. The van der Waals surface area contributed by atoms with Crippen molar-refractivity contribution in [3.8, 4) is 0 Å². The Balaban J connectivity index is 3.40. The van der Waals surface area contributed by atoms with E-state index in [4.69, 9.17) is 5.11 Å². The Bertz CT molecular complexity index is 82.6. The summed E-state index contributed by atoms with van der Waals surface area (Å²) in [6.07, 6.45) is 2.87. The Kier molecular flexibility index (Phi) is 8.83. The Labute approximate surface area is 74.4 Å². The molecule has 12 heavy (non-hydrogen) atoms. The smallest absolute Gasteiger partial charge is 0.0906 e. The van der Waals surface area contributed by atoms with Gasteiger partial charge in [-0.1, -0.05) is 13.3 Å². The third-order valence-corrected chi connectivity index (χ3v) is 1.85. The van der Waals surface area contributed by atoms with Crippen LogP contribution < -0.4 is 0 Å². The van der Waals surface area contributed by atoms with E-state index in [9.17, 15) is 4.39 Å². The Hall–Kier alpha value is -0.150. The van der Waals surface area contributed by atoms with E-state index in [2.05, 4.69) is 11.8 Å². The normalized spacial score (nSPS) is 11.0. The van der Waals surface area contributed by atoms with Gasteiger partial charge in [0.25, 0.3) is 0 Å². The van der Waals surface area contributed by atoms with Crippen LogP contribution in [0.4, 0.5) is 4.39 Å². The molecule has 0 heterocycles. The molecule has 2 nitrogen and oxygen atoms in total. The lowest BCUT2D eigenvalue weighted by Gasteiger charge is -2.19. The van der Waals surface area contributed by atoms with Crippen LogP contribution in [-0.2, 0) is 0 Å². The zero-order valence-electron chi connectivity index (χ0n) is 7.93. The van der Waals surface area contributed by atoms with Gasteiger partial charge >= 0.3 is 0 Å². The SMILES string of the molecule is CCCCN(CCO)CCCF. The molecule has 0 aliphatic rings. The monoisotopic (exact) mass is 177 g/mol. The van der Waals surface area contributed by atoms with Crippen LogP contribution in [0.25, 0.3) is 0 Å². The summed E-state index contributed by atoms with van der Waals surface area (Å²) >= 11 is 0. The summed E-state index contributed by atoms with van der Waals surface area (Å²) in [5, 5.41) is 8.70. The summed E-state index contributed by atoms with van der Waals surface area (Å²) in [7, 11) is 0. The molecule has 0 aromatic carbocycles. The first-order valence-corrected chi connectivity index (χ1v) is 4.74. The van der Waals surface area contributed by atoms with Gasteiger partial charge in [0.2, 0.25) is 0 Å². The Morgan fingerprint density at radius 2 is 1.83 bits per heavy atom. The number of hydrogen-bond acceptors (Lipinski definition) is 2. The molecule has 0 rings (SSSR count). The van der Waals surface area contributed by atoms with Crippen molar-refractivity contribution < 1.29 is 9.50 Å². The molecule has 0 unspecified atom stereocenters. The average molecular weight is 177 g/mol. The predicted molar refractivity (Wildman–Crippen MR) is 49.0 cm³/mol. The fraction of sp³-hybridized carbons (Fsp3) is 1.00. The van der Waals surface area contributed by atoms with Crippen LogP contribution >= 0.6 is 0 Å². The molecule has 0 atom stereocenters. The van der Waals surface area contributed by atoms with Gasteiger partial charge < -0.3 is 10.0 Å². The number of aliphatic hydroxyl groups is 1. The second kappa shape index (κ2) is 8.94. The van der Waals surface area contributed by atoms with Crippen LogP contribution in [-0.4, -0.2) is 42.9 Å². The quantitative estimate of drug-likeness (QED) is 0.606. The molecule has 0 amide bonds. The highest BCUT2D eigenvalue weighted by Gasteiger charge is 2.01. The van der Waals surface area contributed by atoms with Crippen molar-refractivity contribution in [3.63, 3.8) is 0 Å². The first kappa shape index (κ1) is 11.8. The van der Waals surface area contributed by atoms with Crippen molar-refractivity contribution in [1.82, 2.24) is 4.90 Å². The summed E-state index contributed by atoms with van der Waals surface area (Å²) in [5.41, 5.74) is 0. The summed E-state index contributed by atoms with van der Waals surface area (Å²) in [4.78, 5) is 2.11. The standard InChI is InChI=1S/C9H20FNO/c1-2-3-6-11(8-9-12)7-4-5-10/h12H,2-9H2,1H3. The first-order chi connectivity index (χ1) is 5.85. The minimum atomic E-state index is -0.256. The Morgan fingerprint density at radius 1 is 1.17 bits per heavy atom. The van der Waals surface area contributed by atoms with E-state index >= 15 is 0 Å². The van der Waals surface area contributed by atoms with E-state index in [0.29, 0.717) is 13.0 Å². The molecule has 0 aromatic rings. The summed E-state index contributed by atoms with van der Waals surface area (Å²) < 4.78 is 11.8. The van der Waals surface area contributed by atoms with E-state index in [1.807, 2.05) is 0 Å². The second-order valence-electron chi connectivity index (χ2n) is 2.96.